The lowest BCUT2D eigenvalue weighted by molar-refractivity contribution is -0.147. The summed E-state index contributed by atoms with van der Waals surface area (Å²) in [7, 11) is 0. The first-order valence-corrected chi connectivity index (χ1v) is 9.35. The van der Waals surface area contributed by atoms with Crippen LogP contribution in [-0.2, 0) is 12.1 Å². The highest BCUT2D eigenvalue weighted by atomic mass is 19.4. The van der Waals surface area contributed by atoms with Gasteiger partial charge in [0.25, 0.3) is 5.91 Å². The van der Waals surface area contributed by atoms with Crippen molar-refractivity contribution in [2.75, 3.05) is 0 Å². The topological polar surface area (TPSA) is 42.0 Å². The Kier molecular flexibility index (Phi) is 5.71. The number of alkyl halides is 5. The van der Waals surface area contributed by atoms with E-state index in [1.165, 1.54) is 19.1 Å². The fourth-order valence-corrected chi connectivity index (χ4v) is 3.63. The second-order valence-corrected chi connectivity index (χ2v) is 7.97. The quantitative estimate of drug-likeness (QED) is 0.661. The van der Waals surface area contributed by atoms with Gasteiger partial charge in [-0.1, -0.05) is 36.4 Å². The van der Waals surface area contributed by atoms with Gasteiger partial charge < -0.3 is 5.32 Å². The number of aromatic nitrogens is 1. The van der Waals surface area contributed by atoms with Gasteiger partial charge in [0.1, 0.15) is 0 Å². The maximum atomic E-state index is 14.6. The van der Waals surface area contributed by atoms with Gasteiger partial charge in [0, 0.05) is 6.20 Å². The van der Waals surface area contributed by atoms with E-state index in [-0.39, 0.29) is 23.2 Å². The number of benzene rings is 1. The number of fused-ring (bicyclic) bond motifs is 1. The average molecular weight is 424 g/mol. The number of nitrogens with one attached hydrogen (secondary N) is 1. The molecule has 0 radical (unpaired) electrons. The van der Waals surface area contributed by atoms with Crippen LogP contribution in [0.15, 0.2) is 48.7 Å². The summed E-state index contributed by atoms with van der Waals surface area (Å²) >= 11 is 0. The first-order valence-electron chi connectivity index (χ1n) is 9.35. The van der Waals surface area contributed by atoms with Gasteiger partial charge in [0.2, 0.25) is 0 Å². The van der Waals surface area contributed by atoms with Crippen LogP contribution in [0, 0.1) is 0 Å². The zero-order valence-corrected chi connectivity index (χ0v) is 16.4. The largest absolute Gasteiger partial charge is 0.391 e. The highest BCUT2D eigenvalue weighted by Crippen LogP contribution is 2.37. The van der Waals surface area contributed by atoms with E-state index < -0.39 is 35.9 Å². The molecule has 160 valence electrons. The second-order valence-electron chi connectivity index (χ2n) is 7.97. The third kappa shape index (κ3) is 4.86. The number of hydrogen-bond donors (Lipinski definition) is 1. The van der Waals surface area contributed by atoms with Gasteiger partial charge in [-0.25, -0.2) is 8.78 Å². The molecule has 0 fully saturated rings. The van der Waals surface area contributed by atoms with Crippen LogP contribution in [0.4, 0.5) is 22.0 Å². The summed E-state index contributed by atoms with van der Waals surface area (Å²) < 4.78 is 68.0. The molecule has 30 heavy (non-hydrogen) atoms. The Morgan fingerprint density at radius 2 is 1.90 bits per heavy atom. The van der Waals surface area contributed by atoms with Crippen LogP contribution < -0.4 is 5.32 Å². The molecule has 1 amide bonds. The van der Waals surface area contributed by atoms with Gasteiger partial charge in [0.15, 0.2) is 11.8 Å². The lowest BCUT2D eigenvalue weighted by Crippen LogP contribution is -2.50. The summed E-state index contributed by atoms with van der Waals surface area (Å²) in [6.45, 7) is 2.37. The Bertz CT molecular complexity index is 956. The van der Waals surface area contributed by atoms with E-state index in [0.29, 0.717) is 5.56 Å². The maximum absolute atomic E-state index is 14.6. The molecule has 3 rings (SSSR count). The molecule has 3 nitrogen and oxygen atoms in total. The third-order valence-corrected chi connectivity index (χ3v) is 5.05. The molecule has 0 bridgehead atoms. The molecule has 0 saturated carbocycles. The Balaban J connectivity index is 1.87. The summed E-state index contributed by atoms with van der Waals surface area (Å²) in [5, 5.41) is 2.46. The fraction of sp³-hybridized carbons (Fsp3) is 0.364. The van der Waals surface area contributed by atoms with Crippen LogP contribution in [0.25, 0.3) is 6.08 Å². The molecular formula is C22H21F5N2O. The molecule has 0 spiro atoms. The first kappa shape index (κ1) is 21.9. The molecule has 1 N–H and O–H groups in total. The van der Waals surface area contributed by atoms with E-state index in [1.807, 2.05) is 0 Å². The normalized spacial score (nSPS) is 22.8. The minimum Gasteiger partial charge on any atom is -0.346 e. The molecule has 0 saturated heterocycles. The molecule has 8 heteroatoms. The van der Waals surface area contributed by atoms with Crippen LogP contribution in [0.2, 0.25) is 0 Å². The maximum Gasteiger partial charge on any atom is 0.391 e. The van der Waals surface area contributed by atoms with Crippen molar-refractivity contribution in [3.05, 3.63) is 71.1 Å². The number of allylic oxidation sites excluding steroid dienone is 1. The van der Waals surface area contributed by atoms with Gasteiger partial charge in [0.05, 0.1) is 23.2 Å². The number of carbonyl (C=O) groups is 1. The van der Waals surface area contributed by atoms with E-state index in [9.17, 15) is 26.7 Å². The summed E-state index contributed by atoms with van der Waals surface area (Å²) in [5.74, 6) is -0.774. The van der Waals surface area contributed by atoms with E-state index >= 15 is 0 Å². The SMILES string of the molecule is CC(Cc1ccccc1)(CC(F)(F)F)NC(=O)c1cnc2c(c1)C=CC(F)C2(C)F. The molecule has 0 aliphatic heterocycles. The van der Waals surface area contributed by atoms with Crippen molar-refractivity contribution in [2.24, 2.45) is 0 Å². The van der Waals surface area contributed by atoms with E-state index in [4.69, 9.17) is 0 Å². The van der Waals surface area contributed by atoms with Crippen LogP contribution in [0.3, 0.4) is 0 Å². The van der Waals surface area contributed by atoms with Crippen molar-refractivity contribution < 1.29 is 26.7 Å². The monoisotopic (exact) mass is 424 g/mol. The third-order valence-electron chi connectivity index (χ3n) is 5.05. The highest BCUT2D eigenvalue weighted by Gasteiger charge is 2.42. The van der Waals surface area contributed by atoms with Crippen LogP contribution >= 0.6 is 0 Å². The highest BCUT2D eigenvalue weighted by molar-refractivity contribution is 5.95. The smallest absolute Gasteiger partial charge is 0.346 e. The summed E-state index contributed by atoms with van der Waals surface area (Å²) in [6.07, 6.45) is -4.26. The van der Waals surface area contributed by atoms with Crippen LogP contribution in [-0.4, -0.2) is 28.8 Å². The Morgan fingerprint density at radius 1 is 1.23 bits per heavy atom. The number of nitrogens with zero attached hydrogens (tertiary/aromatic N) is 1. The summed E-state index contributed by atoms with van der Waals surface area (Å²) in [5.41, 5.74) is -3.30. The van der Waals surface area contributed by atoms with Gasteiger partial charge >= 0.3 is 6.18 Å². The van der Waals surface area contributed by atoms with Gasteiger partial charge in [-0.3, -0.25) is 9.78 Å². The standard InChI is InChI=1S/C22H21F5N2O/c1-20(13-22(25,26)27,11-14-6-4-3-5-7-14)29-19(30)16-10-15-8-9-17(23)21(2,24)18(15)28-12-16/h3-10,12,17H,11,13H2,1-2H3,(H,29,30). The predicted molar refractivity (Wildman–Crippen MR) is 103 cm³/mol. The van der Waals surface area contributed by atoms with Crippen molar-refractivity contribution in [2.45, 2.75) is 50.2 Å². The van der Waals surface area contributed by atoms with Gasteiger partial charge in [-0.2, -0.15) is 13.2 Å². The molecule has 1 aliphatic rings. The molecule has 3 atom stereocenters. The van der Waals surface area contributed by atoms with Crippen molar-refractivity contribution in [3.63, 3.8) is 0 Å². The van der Waals surface area contributed by atoms with Crippen molar-refractivity contribution >= 4 is 12.0 Å². The lowest BCUT2D eigenvalue weighted by atomic mass is 9.87. The molecule has 1 aromatic carbocycles. The Hall–Kier alpha value is -2.77. The Morgan fingerprint density at radius 3 is 2.53 bits per heavy atom. The van der Waals surface area contributed by atoms with Crippen molar-refractivity contribution in [1.29, 1.82) is 0 Å². The number of amides is 1. The first-order chi connectivity index (χ1) is 13.9. The molecule has 1 aliphatic carbocycles. The second kappa shape index (κ2) is 7.81. The minimum atomic E-state index is -4.50. The van der Waals surface area contributed by atoms with Crippen molar-refractivity contribution in [3.8, 4) is 0 Å². The van der Waals surface area contributed by atoms with E-state index in [1.54, 1.807) is 30.3 Å². The van der Waals surface area contributed by atoms with E-state index in [2.05, 4.69) is 10.3 Å². The zero-order chi connectivity index (χ0) is 22.2. The van der Waals surface area contributed by atoms with Gasteiger partial charge in [-0.05, 0) is 43.5 Å². The number of carbonyl (C=O) groups excluding carboxylic acids is 1. The number of pyridine rings is 1. The Labute approximate surface area is 171 Å². The van der Waals surface area contributed by atoms with Crippen LogP contribution in [0.5, 0.6) is 0 Å². The zero-order valence-electron chi connectivity index (χ0n) is 16.4. The summed E-state index contributed by atoms with van der Waals surface area (Å²) in [4.78, 5) is 16.6. The number of hydrogen-bond acceptors (Lipinski definition) is 2. The molecule has 1 aromatic heterocycles. The van der Waals surface area contributed by atoms with Gasteiger partial charge in [-0.15, -0.1) is 0 Å². The number of rotatable bonds is 5. The average Bonchev–Trinajstić information content (AvgIpc) is 2.63. The molecule has 1 heterocycles. The van der Waals surface area contributed by atoms with E-state index in [0.717, 1.165) is 19.2 Å². The summed E-state index contributed by atoms with van der Waals surface area (Å²) in [6, 6.07) is 9.82. The molecular weight excluding hydrogens is 403 g/mol. The van der Waals surface area contributed by atoms with Crippen molar-refractivity contribution in [1.82, 2.24) is 10.3 Å². The fourth-order valence-electron chi connectivity index (χ4n) is 3.63. The number of halogens is 5. The predicted octanol–water partition coefficient (Wildman–Crippen LogP) is 5.31. The molecule has 3 unspecified atom stereocenters. The minimum absolute atomic E-state index is 0.0343. The van der Waals surface area contributed by atoms with Crippen LogP contribution in [0.1, 0.15) is 47.4 Å². The lowest BCUT2D eigenvalue weighted by Gasteiger charge is -2.32. The molecule has 2 aromatic rings.